The summed E-state index contributed by atoms with van der Waals surface area (Å²) in [6.45, 7) is 14.1. The summed E-state index contributed by atoms with van der Waals surface area (Å²) in [6.07, 6.45) is 18.0. The van der Waals surface area contributed by atoms with Gasteiger partial charge in [-0.1, -0.05) is 26.2 Å². The molecular weight excluding hydrogens is 569 g/mol. The molecule has 4 aliphatic carbocycles. The van der Waals surface area contributed by atoms with Crippen LogP contribution in [0.4, 0.5) is 0 Å². The van der Waals surface area contributed by atoms with Crippen molar-refractivity contribution in [1.29, 1.82) is 0 Å². The lowest BCUT2D eigenvalue weighted by Gasteiger charge is -2.37. The minimum Gasteiger partial charge on any atom is -0.402 e. The van der Waals surface area contributed by atoms with Gasteiger partial charge in [0.05, 0.1) is 6.61 Å². The Morgan fingerprint density at radius 3 is 2.39 bits per heavy atom. The van der Waals surface area contributed by atoms with Crippen molar-refractivity contribution >= 4 is 13.9 Å². The number of fused-ring (bicyclic) bond motifs is 1. The average Bonchev–Trinajstić information content (AvgIpc) is 3.95. The molecule has 5 fully saturated rings. The van der Waals surface area contributed by atoms with Crippen LogP contribution >= 0.6 is 8.03 Å². The van der Waals surface area contributed by atoms with E-state index in [9.17, 15) is 4.57 Å². The number of aliphatic imine (C=N–C) groups is 1. The molecule has 0 radical (unpaired) electrons. The number of hydrogen-bond donors (Lipinski definition) is 4. The van der Waals surface area contributed by atoms with Crippen LogP contribution in [-0.2, 0) is 9.09 Å². The smallest absolute Gasteiger partial charge is 0.192 e. The van der Waals surface area contributed by atoms with E-state index in [1.54, 1.807) is 0 Å². The Hall–Kier alpha value is -0.960. The number of nitrogens with zero attached hydrogens (tertiary/aromatic N) is 3. The predicted octanol–water partition coefficient (Wildman–Crippen LogP) is 4.02. The molecule has 5 N–H and O–H groups in total. The van der Waals surface area contributed by atoms with Crippen molar-refractivity contribution < 1.29 is 9.09 Å². The lowest BCUT2D eigenvalue weighted by atomic mass is 9.82. The van der Waals surface area contributed by atoms with Gasteiger partial charge in [-0.2, -0.15) is 0 Å². The molecular formula is C34H62N7O2P. The zero-order valence-electron chi connectivity index (χ0n) is 27.8. The molecule has 0 aromatic rings. The molecule has 250 valence electrons. The molecule has 4 saturated carbocycles. The highest BCUT2D eigenvalue weighted by Gasteiger charge is 2.65. The van der Waals surface area contributed by atoms with Gasteiger partial charge >= 0.3 is 0 Å². The van der Waals surface area contributed by atoms with Gasteiger partial charge in [-0.3, -0.25) is 14.8 Å². The molecule has 0 spiro atoms. The average molecular weight is 632 g/mol. The first kappa shape index (κ1) is 33.0. The summed E-state index contributed by atoms with van der Waals surface area (Å²) in [5.74, 6) is 3.39. The van der Waals surface area contributed by atoms with Crippen LogP contribution in [0.15, 0.2) is 16.8 Å². The Bertz CT molecular complexity index is 1030. The van der Waals surface area contributed by atoms with E-state index in [1.165, 1.54) is 90.3 Å². The van der Waals surface area contributed by atoms with Crippen LogP contribution in [0.2, 0.25) is 0 Å². The molecule has 10 heteroatoms. The third-order valence-electron chi connectivity index (χ3n) is 12.0. The predicted molar refractivity (Wildman–Crippen MR) is 181 cm³/mol. The van der Waals surface area contributed by atoms with E-state index in [-0.39, 0.29) is 5.66 Å². The van der Waals surface area contributed by atoms with E-state index in [0.717, 1.165) is 68.7 Å². The fourth-order valence-corrected chi connectivity index (χ4v) is 9.59. The minimum atomic E-state index is -1.90. The third kappa shape index (κ3) is 8.12. The van der Waals surface area contributed by atoms with Crippen molar-refractivity contribution in [2.45, 2.75) is 96.2 Å². The first-order chi connectivity index (χ1) is 21.4. The van der Waals surface area contributed by atoms with Crippen LogP contribution in [0.5, 0.6) is 0 Å². The summed E-state index contributed by atoms with van der Waals surface area (Å²) < 4.78 is 17.2. The summed E-state index contributed by atoms with van der Waals surface area (Å²) in [5.41, 5.74) is 7.96. The summed E-state index contributed by atoms with van der Waals surface area (Å²) in [4.78, 5) is 10.2. The number of hydrogen-bond acceptors (Lipinski definition) is 9. The lowest BCUT2D eigenvalue weighted by molar-refractivity contribution is 0.188. The van der Waals surface area contributed by atoms with Crippen LogP contribution in [0.3, 0.4) is 0 Å². The zero-order valence-corrected chi connectivity index (χ0v) is 28.8. The van der Waals surface area contributed by atoms with Crippen molar-refractivity contribution in [3.8, 4) is 0 Å². The molecule has 4 atom stereocenters. The quantitative estimate of drug-likeness (QED) is 0.201. The molecule has 2 heterocycles. The number of rotatable bonds is 15. The number of piperazine rings is 1. The van der Waals surface area contributed by atoms with Crippen molar-refractivity contribution in [1.82, 2.24) is 25.8 Å². The summed E-state index contributed by atoms with van der Waals surface area (Å²) in [5, 5.41) is 11.8. The molecule has 1 saturated heterocycles. The molecule has 2 aliphatic heterocycles. The lowest BCUT2D eigenvalue weighted by Crippen LogP contribution is -2.50. The van der Waals surface area contributed by atoms with Crippen molar-refractivity contribution in [2.75, 3.05) is 71.7 Å². The molecule has 9 nitrogen and oxygen atoms in total. The first-order valence-electron chi connectivity index (χ1n) is 18.3. The van der Waals surface area contributed by atoms with Crippen molar-refractivity contribution in [3.05, 3.63) is 11.8 Å². The Balaban J connectivity index is 0.898. The number of nitrogens with one attached hydrogen (secondary N) is 3. The highest BCUT2D eigenvalue weighted by Crippen LogP contribution is 2.56. The molecule has 0 amide bonds. The standard InChI is InChI=1S/C34H62N7O2P/c1-3-43-44(42)20-19-40-15-17-41(18-16-40)31-21-30(35)32-26(2)34(32,39-31)38-23-28-11-9-27(10-12-28)22-36-24-33(13-14-33)25-37-29-7-5-4-6-8-29/h21,26-29,32,36-38,44H,3-20,22-25,35H2,1-2H3/t26?,27-,28-,32?,34?. The van der Waals surface area contributed by atoms with Gasteiger partial charge in [0.2, 0.25) is 0 Å². The maximum Gasteiger partial charge on any atom is 0.192 e. The number of dihydropyridines is 1. The summed E-state index contributed by atoms with van der Waals surface area (Å²) in [6, 6.07) is 0.782. The molecule has 0 bridgehead atoms. The second kappa shape index (κ2) is 14.9. The fourth-order valence-electron chi connectivity index (χ4n) is 8.62. The minimum absolute atomic E-state index is 0.217. The molecule has 44 heavy (non-hydrogen) atoms. The molecule has 0 aromatic carbocycles. The van der Waals surface area contributed by atoms with Gasteiger partial charge < -0.3 is 25.8 Å². The van der Waals surface area contributed by atoms with Crippen molar-refractivity contribution in [2.24, 2.45) is 39.8 Å². The second-order valence-corrected chi connectivity index (χ2v) is 16.7. The maximum absolute atomic E-state index is 11.9. The number of amidine groups is 1. The van der Waals surface area contributed by atoms with Gasteiger partial charge in [-0.15, -0.1) is 0 Å². The van der Waals surface area contributed by atoms with E-state index in [0.29, 0.717) is 30.0 Å². The van der Waals surface area contributed by atoms with E-state index in [2.05, 4.69) is 38.7 Å². The van der Waals surface area contributed by atoms with Crippen molar-refractivity contribution in [3.63, 3.8) is 0 Å². The Morgan fingerprint density at radius 2 is 1.70 bits per heavy atom. The van der Waals surface area contributed by atoms with Gasteiger partial charge in [0.25, 0.3) is 0 Å². The molecule has 4 unspecified atom stereocenters. The summed E-state index contributed by atoms with van der Waals surface area (Å²) in [7, 11) is -1.90. The van der Waals surface area contributed by atoms with Crippen LogP contribution in [0.1, 0.15) is 84.5 Å². The zero-order chi connectivity index (χ0) is 30.6. The van der Waals surface area contributed by atoms with Gasteiger partial charge in [0, 0.05) is 82.1 Å². The van der Waals surface area contributed by atoms with E-state index in [1.807, 2.05) is 6.92 Å². The van der Waals surface area contributed by atoms with Gasteiger partial charge in [-0.05, 0) is 88.2 Å². The first-order valence-corrected chi connectivity index (χ1v) is 19.8. The van der Waals surface area contributed by atoms with Crippen LogP contribution in [-0.4, -0.2) is 99.0 Å². The fraction of sp³-hybridized carbons (Fsp3) is 0.912. The Labute approximate surface area is 267 Å². The Kier molecular flexibility index (Phi) is 11.1. The van der Waals surface area contributed by atoms with E-state index in [4.69, 9.17) is 15.2 Å². The van der Waals surface area contributed by atoms with E-state index >= 15 is 0 Å². The highest BCUT2D eigenvalue weighted by molar-refractivity contribution is 7.39. The van der Waals surface area contributed by atoms with Gasteiger partial charge in [-0.25, -0.2) is 4.99 Å². The summed E-state index contributed by atoms with van der Waals surface area (Å²) >= 11 is 0. The van der Waals surface area contributed by atoms with Crippen LogP contribution < -0.4 is 21.7 Å². The molecule has 6 rings (SSSR count). The number of nitrogens with two attached hydrogens (primary N) is 1. The van der Waals surface area contributed by atoms with Gasteiger partial charge in [0.15, 0.2) is 8.03 Å². The SMILES string of the molecule is CCO[PH](=O)CCN1CCN(C2=NC3(NC[C@H]4CC[C@H](CNCC5(CNC6CCCCC6)CC5)CC4)C(C)C3C(N)=C2)CC1. The largest absolute Gasteiger partial charge is 0.402 e. The monoisotopic (exact) mass is 631 g/mol. The van der Waals surface area contributed by atoms with Crippen LogP contribution in [0, 0.1) is 29.1 Å². The third-order valence-corrected chi connectivity index (χ3v) is 13.3. The normalized spacial score (nSPS) is 34.6. The topological polar surface area (TPSA) is 107 Å². The van der Waals surface area contributed by atoms with Gasteiger partial charge in [0.1, 0.15) is 11.5 Å². The van der Waals surface area contributed by atoms with E-state index < -0.39 is 8.03 Å². The second-order valence-electron chi connectivity index (χ2n) is 15.2. The maximum atomic E-state index is 11.9. The Morgan fingerprint density at radius 1 is 1.00 bits per heavy atom. The van der Waals surface area contributed by atoms with Crippen LogP contribution in [0.25, 0.3) is 0 Å². The molecule has 6 aliphatic rings. The molecule has 0 aromatic heterocycles. The highest BCUT2D eigenvalue weighted by atomic mass is 31.1.